The molecule has 1 fully saturated rings. The average molecular weight is 302 g/mol. The summed E-state index contributed by atoms with van der Waals surface area (Å²) in [4.78, 5) is 15.2. The Bertz CT molecular complexity index is 450. The summed E-state index contributed by atoms with van der Waals surface area (Å²) in [5.74, 6) is 0.199. The highest BCUT2D eigenvalue weighted by atomic mass is 16.1. The Balaban J connectivity index is 1.92. The summed E-state index contributed by atoms with van der Waals surface area (Å²) in [6.07, 6.45) is 4.08. The lowest BCUT2D eigenvalue weighted by Gasteiger charge is -2.35. The van der Waals surface area contributed by atoms with Crippen LogP contribution in [0.5, 0.6) is 0 Å². The molecular weight excluding hydrogens is 272 g/mol. The van der Waals surface area contributed by atoms with Crippen LogP contribution in [-0.2, 0) is 4.79 Å². The summed E-state index contributed by atoms with van der Waals surface area (Å²) < 4.78 is 0. The third kappa shape index (κ3) is 4.57. The van der Waals surface area contributed by atoms with Gasteiger partial charge in [0.1, 0.15) is 0 Å². The van der Waals surface area contributed by atoms with Crippen LogP contribution in [0.25, 0.3) is 0 Å². The molecule has 1 aromatic carbocycles. The van der Waals surface area contributed by atoms with Gasteiger partial charge in [-0.25, -0.2) is 0 Å². The molecule has 1 N–H and O–H groups in total. The van der Waals surface area contributed by atoms with E-state index in [1.54, 1.807) is 0 Å². The third-order valence-electron chi connectivity index (χ3n) is 4.70. The summed E-state index contributed by atoms with van der Waals surface area (Å²) in [6.45, 7) is 8.81. The van der Waals surface area contributed by atoms with Gasteiger partial charge in [-0.05, 0) is 38.7 Å². The third-order valence-corrected chi connectivity index (χ3v) is 4.70. The number of nitrogens with zero attached hydrogens (tertiary/aromatic N) is 1. The van der Waals surface area contributed by atoms with E-state index in [0.717, 1.165) is 44.3 Å². The molecule has 0 aliphatic carbocycles. The number of piperidine rings is 1. The lowest BCUT2D eigenvalue weighted by atomic mass is 9.92. The highest BCUT2D eigenvalue weighted by Crippen LogP contribution is 2.22. The van der Waals surface area contributed by atoms with Crippen LogP contribution in [-0.4, -0.2) is 36.0 Å². The molecule has 1 atom stereocenters. The maximum Gasteiger partial charge on any atom is 0.227 e. The van der Waals surface area contributed by atoms with E-state index in [2.05, 4.69) is 43.1 Å². The molecule has 1 aliphatic rings. The predicted octanol–water partition coefficient (Wildman–Crippen LogP) is 3.56. The second kappa shape index (κ2) is 8.33. The Morgan fingerprint density at radius 3 is 2.41 bits per heavy atom. The Kier molecular flexibility index (Phi) is 6.44. The smallest absolute Gasteiger partial charge is 0.227 e. The van der Waals surface area contributed by atoms with Crippen LogP contribution in [0.15, 0.2) is 30.3 Å². The fourth-order valence-electron chi connectivity index (χ4n) is 3.29. The first-order valence-corrected chi connectivity index (χ1v) is 8.71. The van der Waals surface area contributed by atoms with Crippen molar-refractivity contribution in [1.82, 2.24) is 10.2 Å². The predicted molar refractivity (Wildman–Crippen MR) is 92.0 cm³/mol. The van der Waals surface area contributed by atoms with E-state index in [1.807, 2.05) is 18.2 Å². The van der Waals surface area contributed by atoms with Crippen molar-refractivity contribution in [2.45, 2.75) is 64.5 Å². The topological polar surface area (TPSA) is 32.3 Å². The largest absolute Gasteiger partial charge is 0.353 e. The van der Waals surface area contributed by atoms with Crippen LogP contribution in [0.1, 0.15) is 57.9 Å². The van der Waals surface area contributed by atoms with Gasteiger partial charge in [-0.15, -0.1) is 0 Å². The molecule has 1 aliphatic heterocycles. The SMILES string of the molecule is CCCC(C(=O)NC1CCN(C(C)C)CC1)c1ccccc1. The zero-order chi connectivity index (χ0) is 15.9. The standard InChI is InChI=1S/C19H30N2O/c1-4-8-18(16-9-6-5-7-10-16)19(22)20-17-11-13-21(14-12-17)15(2)3/h5-7,9-10,15,17-18H,4,8,11-14H2,1-3H3,(H,20,22). The van der Waals surface area contributed by atoms with Crippen LogP contribution in [0.4, 0.5) is 0 Å². The van der Waals surface area contributed by atoms with Crippen LogP contribution in [0.2, 0.25) is 0 Å². The fraction of sp³-hybridized carbons (Fsp3) is 0.632. The Morgan fingerprint density at radius 1 is 1.23 bits per heavy atom. The number of hydrogen-bond donors (Lipinski definition) is 1. The van der Waals surface area contributed by atoms with Gasteiger partial charge < -0.3 is 10.2 Å². The van der Waals surface area contributed by atoms with Crippen LogP contribution in [0, 0.1) is 0 Å². The summed E-state index contributed by atoms with van der Waals surface area (Å²) in [6, 6.07) is 11.1. The van der Waals surface area contributed by atoms with Gasteiger partial charge in [0.25, 0.3) is 0 Å². The van der Waals surface area contributed by atoms with Crippen LogP contribution < -0.4 is 5.32 Å². The molecule has 1 aromatic rings. The molecule has 1 heterocycles. The molecule has 1 saturated heterocycles. The maximum atomic E-state index is 12.7. The molecule has 22 heavy (non-hydrogen) atoms. The number of carbonyl (C=O) groups is 1. The highest BCUT2D eigenvalue weighted by molar-refractivity contribution is 5.83. The van der Waals surface area contributed by atoms with Crippen LogP contribution in [0.3, 0.4) is 0 Å². The molecule has 2 rings (SSSR count). The molecule has 3 heteroatoms. The van der Waals surface area contributed by atoms with Crippen molar-refractivity contribution in [3.63, 3.8) is 0 Å². The normalized spacial score (nSPS) is 18.4. The van der Waals surface area contributed by atoms with E-state index >= 15 is 0 Å². The Labute approximate surface area is 135 Å². The summed E-state index contributed by atoms with van der Waals surface area (Å²) in [5.41, 5.74) is 1.14. The van der Waals surface area contributed by atoms with E-state index in [-0.39, 0.29) is 11.8 Å². The van der Waals surface area contributed by atoms with Crippen molar-refractivity contribution in [3.05, 3.63) is 35.9 Å². The number of nitrogens with one attached hydrogen (secondary N) is 1. The number of carbonyl (C=O) groups excluding carboxylic acids is 1. The second-order valence-corrected chi connectivity index (χ2v) is 6.66. The molecule has 122 valence electrons. The number of amides is 1. The molecule has 0 saturated carbocycles. The minimum atomic E-state index is -0.00525. The van der Waals surface area contributed by atoms with E-state index in [1.165, 1.54) is 0 Å². The lowest BCUT2D eigenvalue weighted by Crippen LogP contribution is -2.47. The minimum absolute atomic E-state index is 0.00525. The second-order valence-electron chi connectivity index (χ2n) is 6.66. The highest BCUT2D eigenvalue weighted by Gasteiger charge is 2.25. The first kappa shape index (κ1) is 17.0. The van der Waals surface area contributed by atoms with Crippen molar-refractivity contribution in [2.24, 2.45) is 0 Å². The lowest BCUT2D eigenvalue weighted by molar-refractivity contribution is -0.123. The Morgan fingerprint density at radius 2 is 1.86 bits per heavy atom. The van der Waals surface area contributed by atoms with E-state index < -0.39 is 0 Å². The van der Waals surface area contributed by atoms with Gasteiger partial charge in [0.05, 0.1) is 5.92 Å². The van der Waals surface area contributed by atoms with Crippen LogP contribution >= 0.6 is 0 Å². The summed E-state index contributed by atoms with van der Waals surface area (Å²) in [5, 5.41) is 3.30. The van der Waals surface area contributed by atoms with Gasteiger partial charge >= 0.3 is 0 Å². The Hall–Kier alpha value is -1.35. The van der Waals surface area contributed by atoms with Crippen molar-refractivity contribution in [1.29, 1.82) is 0 Å². The van der Waals surface area contributed by atoms with Gasteiger partial charge in [-0.2, -0.15) is 0 Å². The van der Waals surface area contributed by atoms with E-state index in [0.29, 0.717) is 12.1 Å². The number of rotatable bonds is 6. The molecule has 0 spiro atoms. The minimum Gasteiger partial charge on any atom is -0.353 e. The van der Waals surface area contributed by atoms with E-state index in [9.17, 15) is 4.79 Å². The van der Waals surface area contributed by atoms with Gasteiger partial charge in [0, 0.05) is 25.2 Å². The van der Waals surface area contributed by atoms with Gasteiger partial charge in [-0.1, -0.05) is 43.7 Å². The van der Waals surface area contributed by atoms with E-state index in [4.69, 9.17) is 0 Å². The molecule has 1 amide bonds. The zero-order valence-corrected chi connectivity index (χ0v) is 14.2. The quantitative estimate of drug-likeness (QED) is 0.871. The number of hydrogen-bond acceptors (Lipinski definition) is 2. The van der Waals surface area contributed by atoms with Crippen molar-refractivity contribution in [3.8, 4) is 0 Å². The summed E-state index contributed by atoms with van der Waals surface area (Å²) in [7, 11) is 0. The molecule has 0 aromatic heterocycles. The molecule has 3 nitrogen and oxygen atoms in total. The monoisotopic (exact) mass is 302 g/mol. The number of benzene rings is 1. The first-order chi connectivity index (χ1) is 10.6. The zero-order valence-electron chi connectivity index (χ0n) is 14.2. The fourth-order valence-corrected chi connectivity index (χ4v) is 3.29. The first-order valence-electron chi connectivity index (χ1n) is 8.71. The molecule has 0 radical (unpaired) electrons. The van der Waals surface area contributed by atoms with Crippen molar-refractivity contribution in [2.75, 3.05) is 13.1 Å². The maximum absolute atomic E-state index is 12.7. The molecular formula is C19H30N2O. The van der Waals surface area contributed by atoms with Gasteiger partial charge in [-0.3, -0.25) is 4.79 Å². The average Bonchev–Trinajstić information content (AvgIpc) is 2.53. The molecule has 1 unspecified atom stereocenters. The van der Waals surface area contributed by atoms with Crippen molar-refractivity contribution >= 4 is 5.91 Å². The molecule has 0 bridgehead atoms. The summed E-state index contributed by atoms with van der Waals surface area (Å²) >= 11 is 0. The van der Waals surface area contributed by atoms with Gasteiger partial charge in [0.2, 0.25) is 5.91 Å². The van der Waals surface area contributed by atoms with Gasteiger partial charge in [0.15, 0.2) is 0 Å². The van der Waals surface area contributed by atoms with Crippen molar-refractivity contribution < 1.29 is 4.79 Å². The number of likely N-dealkylation sites (tertiary alicyclic amines) is 1.